The summed E-state index contributed by atoms with van der Waals surface area (Å²) in [5, 5.41) is 10.7. The van der Waals surface area contributed by atoms with Crippen molar-refractivity contribution in [3.05, 3.63) is 47.8 Å². The SMILES string of the molecule is COc1ccc([C@H]2SC[C@@H](O)[C@@]23CCn2cccc2C3=O)cc1OC. The van der Waals surface area contributed by atoms with E-state index in [1.807, 2.05) is 41.1 Å². The summed E-state index contributed by atoms with van der Waals surface area (Å²) in [6, 6.07) is 9.51. The van der Waals surface area contributed by atoms with Gasteiger partial charge in [0.25, 0.3) is 0 Å². The van der Waals surface area contributed by atoms with Gasteiger partial charge >= 0.3 is 0 Å². The number of Topliss-reactive ketones (excluding diaryl/α,β-unsaturated/α-hetero) is 1. The summed E-state index contributed by atoms with van der Waals surface area (Å²) in [6.45, 7) is 0.746. The standard InChI is InChI=1S/C19H21NO4S/c1-23-14-6-5-12(10-15(14)24-2)18-19(16(21)11-25-18)7-9-20-8-3-4-13(20)17(19)22/h3-6,8,10,16,18,21H,7,9,11H2,1-2H3/t16-,18-,19-/m1/s1. The fourth-order valence-corrected chi connectivity index (χ4v) is 5.80. The number of nitrogens with zero attached hydrogens (tertiary/aromatic N) is 1. The number of ketones is 1. The first kappa shape index (κ1) is 16.5. The maximum absolute atomic E-state index is 13.3. The predicted octanol–water partition coefficient (Wildman–Crippen LogP) is 2.93. The van der Waals surface area contributed by atoms with E-state index < -0.39 is 11.5 Å². The van der Waals surface area contributed by atoms with Crippen LogP contribution in [0.5, 0.6) is 11.5 Å². The van der Waals surface area contributed by atoms with Gasteiger partial charge in [-0.2, -0.15) is 0 Å². The second-order valence-corrected chi connectivity index (χ2v) is 7.69. The van der Waals surface area contributed by atoms with Crippen LogP contribution < -0.4 is 9.47 Å². The van der Waals surface area contributed by atoms with Crippen LogP contribution in [0.15, 0.2) is 36.5 Å². The largest absolute Gasteiger partial charge is 0.493 e. The van der Waals surface area contributed by atoms with Crippen molar-refractivity contribution in [2.24, 2.45) is 5.41 Å². The average Bonchev–Trinajstić information content (AvgIpc) is 3.24. The highest BCUT2D eigenvalue weighted by atomic mass is 32.2. The number of rotatable bonds is 3. The van der Waals surface area contributed by atoms with E-state index in [0.29, 0.717) is 29.4 Å². The van der Waals surface area contributed by atoms with E-state index in [1.165, 1.54) is 0 Å². The van der Waals surface area contributed by atoms with Gasteiger partial charge in [0, 0.05) is 23.7 Å². The summed E-state index contributed by atoms with van der Waals surface area (Å²) in [5.41, 5.74) is 0.907. The molecule has 0 unspecified atom stereocenters. The molecule has 2 aromatic rings. The van der Waals surface area contributed by atoms with Crippen molar-refractivity contribution in [3.8, 4) is 11.5 Å². The Balaban J connectivity index is 1.79. The molecule has 0 bridgehead atoms. The highest BCUT2D eigenvalue weighted by Crippen LogP contribution is 2.58. The van der Waals surface area contributed by atoms with Crippen LogP contribution in [0.3, 0.4) is 0 Å². The zero-order valence-electron chi connectivity index (χ0n) is 14.3. The molecule has 3 atom stereocenters. The van der Waals surface area contributed by atoms with Gasteiger partial charge in [-0.25, -0.2) is 0 Å². The molecule has 0 aliphatic carbocycles. The topological polar surface area (TPSA) is 60.7 Å². The number of carbonyl (C=O) groups is 1. The lowest BCUT2D eigenvalue weighted by molar-refractivity contribution is 0.0272. The summed E-state index contributed by atoms with van der Waals surface area (Å²) in [7, 11) is 3.21. The number of aliphatic hydroxyl groups is 1. The van der Waals surface area contributed by atoms with Gasteiger partial charge < -0.3 is 19.1 Å². The van der Waals surface area contributed by atoms with Gasteiger partial charge in [0.15, 0.2) is 17.3 Å². The Morgan fingerprint density at radius 1 is 1.24 bits per heavy atom. The van der Waals surface area contributed by atoms with Gasteiger partial charge in [-0.05, 0) is 36.2 Å². The molecule has 6 heteroatoms. The number of benzene rings is 1. The van der Waals surface area contributed by atoms with Gasteiger partial charge in [-0.15, -0.1) is 11.8 Å². The van der Waals surface area contributed by atoms with E-state index in [1.54, 1.807) is 26.0 Å². The Kier molecular flexibility index (Phi) is 4.04. The van der Waals surface area contributed by atoms with Crippen LogP contribution in [-0.4, -0.2) is 41.5 Å². The maximum atomic E-state index is 13.3. The van der Waals surface area contributed by atoms with Crippen molar-refractivity contribution in [1.29, 1.82) is 0 Å². The minimum absolute atomic E-state index is 0.0426. The lowest BCUT2D eigenvalue weighted by Gasteiger charge is -2.39. The van der Waals surface area contributed by atoms with Crippen LogP contribution in [0.25, 0.3) is 0 Å². The highest BCUT2D eigenvalue weighted by molar-refractivity contribution is 7.99. The molecule has 3 heterocycles. The smallest absolute Gasteiger partial charge is 0.189 e. The molecular formula is C19H21NO4S. The summed E-state index contributed by atoms with van der Waals surface area (Å²) in [4.78, 5) is 13.3. The average molecular weight is 359 g/mol. The van der Waals surface area contributed by atoms with E-state index in [-0.39, 0.29) is 11.0 Å². The quantitative estimate of drug-likeness (QED) is 0.913. The summed E-state index contributed by atoms with van der Waals surface area (Å²) >= 11 is 1.65. The molecule has 0 amide bonds. The van der Waals surface area contributed by atoms with Crippen molar-refractivity contribution < 1.29 is 19.4 Å². The van der Waals surface area contributed by atoms with Crippen molar-refractivity contribution >= 4 is 17.5 Å². The van der Waals surface area contributed by atoms with Crippen LogP contribution in [0.2, 0.25) is 0 Å². The molecule has 25 heavy (non-hydrogen) atoms. The second-order valence-electron chi connectivity index (χ2n) is 6.55. The van der Waals surface area contributed by atoms with E-state index in [2.05, 4.69) is 0 Å². The molecule has 5 nitrogen and oxygen atoms in total. The van der Waals surface area contributed by atoms with Gasteiger partial charge in [-0.3, -0.25) is 4.79 Å². The van der Waals surface area contributed by atoms with Crippen LogP contribution in [-0.2, 0) is 6.54 Å². The van der Waals surface area contributed by atoms with E-state index >= 15 is 0 Å². The summed E-state index contributed by atoms with van der Waals surface area (Å²) < 4.78 is 12.7. The molecule has 0 radical (unpaired) electrons. The Hall–Kier alpha value is -1.92. The number of fused-ring (bicyclic) bond motifs is 1. The Bertz CT molecular complexity index is 818. The lowest BCUT2D eigenvalue weighted by atomic mass is 9.68. The number of carbonyl (C=O) groups excluding carboxylic acids is 1. The number of aromatic nitrogens is 1. The normalized spacial score (nSPS) is 28.2. The Morgan fingerprint density at radius 2 is 2.04 bits per heavy atom. The van der Waals surface area contributed by atoms with Crippen LogP contribution >= 0.6 is 11.8 Å². The van der Waals surface area contributed by atoms with E-state index in [9.17, 15) is 9.90 Å². The first-order valence-corrected chi connectivity index (χ1v) is 9.38. The number of methoxy groups -OCH3 is 2. The number of hydrogen-bond acceptors (Lipinski definition) is 5. The zero-order valence-corrected chi connectivity index (χ0v) is 15.1. The van der Waals surface area contributed by atoms with Crippen molar-refractivity contribution in [1.82, 2.24) is 4.57 Å². The first-order chi connectivity index (χ1) is 12.1. The van der Waals surface area contributed by atoms with Gasteiger partial charge in [0.05, 0.1) is 31.4 Å². The van der Waals surface area contributed by atoms with Gasteiger partial charge in [0.2, 0.25) is 0 Å². The Morgan fingerprint density at radius 3 is 2.80 bits per heavy atom. The minimum atomic E-state index is -0.779. The third-order valence-electron chi connectivity index (χ3n) is 5.44. The molecule has 1 aromatic heterocycles. The predicted molar refractivity (Wildman–Crippen MR) is 96.6 cm³/mol. The third kappa shape index (κ3) is 2.31. The Labute approximate surface area is 150 Å². The molecule has 2 aliphatic rings. The number of ether oxygens (including phenoxy) is 2. The first-order valence-electron chi connectivity index (χ1n) is 8.33. The van der Waals surface area contributed by atoms with Crippen molar-refractivity contribution in [3.63, 3.8) is 0 Å². The molecular weight excluding hydrogens is 338 g/mol. The fraction of sp³-hybridized carbons (Fsp3) is 0.421. The zero-order chi connectivity index (χ0) is 17.6. The molecule has 1 N–H and O–H groups in total. The molecule has 1 fully saturated rings. The number of hydrogen-bond donors (Lipinski definition) is 1. The summed E-state index contributed by atoms with van der Waals surface area (Å²) in [6.07, 6.45) is 1.92. The molecule has 132 valence electrons. The molecule has 1 aromatic carbocycles. The maximum Gasteiger partial charge on any atom is 0.189 e. The second kappa shape index (κ2) is 6.11. The minimum Gasteiger partial charge on any atom is -0.493 e. The molecule has 1 saturated heterocycles. The fourth-order valence-electron chi connectivity index (χ4n) is 4.11. The number of aryl methyl sites for hydroxylation is 1. The summed E-state index contributed by atoms with van der Waals surface area (Å²) in [5.74, 6) is 1.91. The molecule has 2 aliphatic heterocycles. The third-order valence-corrected chi connectivity index (χ3v) is 6.98. The lowest BCUT2D eigenvalue weighted by Crippen LogP contribution is -2.47. The van der Waals surface area contributed by atoms with Crippen LogP contribution in [0.1, 0.15) is 27.7 Å². The number of thioether (sulfide) groups is 1. The van der Waals surface area contributed by atoms with E-state index in [0.717, 1.165) is 12.1 Å². The van der Waals surface area contributed by atoms with Gasteiger partial charge in [0.1, 0.15) is 0 Å². The molecule has 0 saturated carbocycles. The van der Waals surface area contributed by atoms with Crippen LogP contribution in [0, 0.1) is 5.41 Å². The van der Waals surface area contributed by atoms with Gasteiger partial charge in [-0.1, -0.05) is 6.07 Å². The number of aliphatic hydroxyl groups excluding tert-OH is 1. The van der Waals surface area contributed by atoms with E-state index in [4.69, 9.17) is 9.47 Å². The molecule has 1 spiro atoms. The van der Waals surface area contributed by atoms with Crippen LogP contribution in [0.4, 0.5) is 0 Å². The van der Waals surface area contributed by atoms with Crippen molar-refractivity contribution in [2.75, 3.05) is 20.0 Å². The highest BCUT2D eigenvalue weighted by Gasteiger charge is 2.58. The van der Waals surface area contributed by atoms with Crippen molar-refractivity contribution in [2.45, 2.75) is 24.3 Å². The monoisotopic (exact) mass is 359 g/mol. The molecule has 4 rings (SSSR count).